The van der Waals surface area contributed by atoms with Gasteiger partial charge >= 0.3 is 0 Å². The fraction of sp³-hybridized carbons (Fsp3) is 0.625. The minimum absolute atomic E-state index is 0.0961. The van der Waals surface area contributed by atoms with Gasteiger partial charge in [-0.05, 0) is 45.4 Å². The molecule has 4 heteroatoms. The number of hydrogen-bond acceptors (Lipinski definition) is 3. The van der Waals surface area contributed by atoms with Crippen molar-refractivity contribution in [2.24, 2.45) is 5.92 Å². The SMILES string of the molecule is CC(C)(C)NCc1cc(Br)ccc1OCC1CCOC1. The Morgan fingerprint density at radius 3 is 2.85 bits per heavy atom. The first-order chi connectivity index (χ1) is 9.44. The molecule has 112 valence electrons. The zero-order valence-electron chi connectivity index (χ0n) is 12.5. The molecule has 1 N–H and O–H groups in total. The van der Waals surface area contributed by atoms with Gasteiger partial charge in [0.25, 0.3) is 0 Å². The van der Waals surface area contributed by atoms with E-state index >= 15 is 0 Å². The molecule has 0 aromatic heterocycles. The van der Waals surface area contributed by atoms with Crippen LogP contribution in [0.25, 0.3) is 0 Å². The molecule has 1 aromatic rings. The maximum absolute atomic E-state index is 6.00. The number of rotatable bonds is 5. The number of nitrogens with one attached hydrogen (secondary N) is 1. The van der Waals surface area contributed by atoms with Gasteiger partial charge in [0.1, 0.15) is 5.75 Å². The van der Waals surface area contributed by atoms with Crippen LogP contribution in [0.15, 0.2) is 22.7 Å². The molecule has 1 fully saturated rings. The van der Waals surface area contributed by atoms with Crippen LogP contribution in [-0.2, 0) is 11.3 Å². The maximum atomic E-state index is 6.00. The van der Waals surface area contributed by atoms with E-state index in [4.69, 9.17) is 9.47 Å². The van der Waals surface area contributed by atoms with Gasteiger partial charge in [0.05, 0.1) is 13.2 Å². The van der Waals surface area contributed by atoms with Crippen molar-refractivity contribution < 1.29 is 9.47 Å². The van der Waals surface area contributed by atoms with E-state index in [9.17, 15) is 0 Å². The molecule has 1 saturated heterocycles. The van der Waals surface area contributed by atoms with E-state index in [-0.39, 0.29) is 5.54 Å². The Kier molecular flexibility index (Phi) is 5.47. The smallest absolute Gasteiger partial charge is 0.123 e. The first kappa shape index (κ1) is 15.8. The average Bonchev–Trinajstić information content (AvgIpc) is 2.87. The topological polar surface area (TPSA) is 30.5 Å². The molecule has 1 aliphatic heterocycles. The maximum Gasteiger partial charge on any atom is 0.123 e. The number of hydrogen-bond donors (Lipinski definition) is 1. The molecular formula is C16H24BrNO2. The van der Waals surface area contributed by atoms with Crippen molar-refractivity contribution in [3.63, 3.8) is 0 Å². The zero-order valence-corrected chi connectivity index (χ0v) is 14.1. The molecule has 0 amide bonds. The molecule has 2 rings (SSSR count). The lowest BCUT2D eigenvalue weighted by molar-refractivity contribution is 0.166. The Hall–Kier alpha value is -0.580. The molecule has 0 radical (unpaired) electrons. The molecule has 1 heterocycles. The summed E-state index contributed by atoms with van der Waals surface area (Å²) >= 11 is 3.53. The molecule has 1 unspecified atom stereocenters. The highest BCUT2D eigenvalue weighted by Gasteiger charge is 2.17. The second-order valence-electron chi connectivity index (χ2n) is 6.40. The highest BCUT2D eigenvalue weighted by molar-refractivity contribution is 9.10. The normalized spacial score (nSPS) is 19.3. The number of ether oxygens (including phenoxy) is 2. The lowest BCUT2D eigenvalue weighted by atomic mass is 10.1. The van der Waals surface area contributed by atoms with Gasteiger partial charge in [0.15, 0.2) is 0 Å². The van der Waals surface area contributed by atoms with Crippen molar-refractivity contribution >= 4 is 15.9 Å². The van der Waals surface area contributed by atoms with E-state index in [0.717, 1.165) is 43.0 Å². The molecule has 3 nitrogen and oxygen atoms in total. The van der Waals surface area contributed by atoms with E-state index < -0.39 is 0 Å². The predicted molar refractivity (Wildman–Crippen MR) is 85.2 cm³/mol. The van der Waals surface area contributed by atoms with E-state index in [0.29, 0.717) is 5.92 Å². The minimum Gasteiger partial charge on any atom is -0.493 e. The van der Waals surface area contributed by atoms with Crippen LogP contribution >= 0.6 is 15.9 Å². The fourth-order valence-electron chi connectivity index (χ4n) is 2.11. The Morgan fingerprint density at radius 2 is 2.20 bits per heavy atom. The summed E-state index contributed by atoms with van der Waals surface area (Å²) in [7, 11) is 0. The van der Waals surface area contributed by atoms with Crippen molar-refractivity contribution in [3.05, 3.63) is 28.2 Å². The first-order valence-corrected chi connectivity index (χ1v) is 7.97. The standard InChI is InChI=1S/C16H24BrNO2/c1-16(2,3)18-9-13-8-14(17)4-5-15(13)20-11-12-6-7-19-10-12/h4-5,8,12,18H,6-7,9-11H2,1-3H3. The molecule has 20 heavy (non-hydrogen) atoms. The van der Waals surface area contributed by atoms with E-state index in [1.54, 1.807) is 0 Å². The summed E-state index contributed by atoms with van der Waals surface area (Å²) in [5.41, 5.74) is 1.28. The average molecular weight is 342 g/mol. The molecular weight excluding hydrogens is 318 g/mol. The second kappa shape index (κ2) is 6.92. The number of halogens is 1. The van der Waals surface area contributed by atoms with Crippen LogP contribution < -0.4 is 10.1 Å². The summed E-state index contributed by atoms with van der Waals surface area (Å²) in [4.78, 5) is 0. The Morgan fingerprint density at radius 1 is 1.40 bits per heavy atom. The highest BCUT2D eigenvalue weighted by atomic mass is 79.9. The molecule has 0 bridgehead atoms. The molecule has 1 aromatic carbocycles. The van der Waals surface area contributed by atoms with Crippen molar-refractivity contribution in [2.75, 3.05) is 19.8 Å². The van der Waals surface area contributed by atoms with Gasteiger partial charge in [0, 0.05) is 34.6 Å². The van der Waals surface area contributed by atoms with Gasteiger partial charge in [-0.15, -0.1) is 0 Å². The predicted octanol–water partition coefficient (Wildman–Crippen LogP) is 3.75. The van der Waals surface area contributed by atoms with Gasteiger partial charge < -0.3 is 14.8 Å². The first-order valence-electron chi connectivity index (χ1n) is 7.18. The van der Waals surface area contributed by atoms with Crippen molar-refractivity contribution in [1.82, 2.24) is 5.32 Å². The third kappa shape index (κ3) is 5.08. The van der Waals surface area contributed by atoms with Gasteiger partial charge in [-0.25, -0.2) is 0 Å². The van der Waals surface area contributed by atoms with E-state index in [2.05, 4.69) is 48.1 Å². The summed E-state index contributed by atoms with van der Waals surface area (Å²) in [6.45, 7) is 9.74. The van der Waals surface area contributed by atoms with Gasteiger partial charge in [-0.1, -0.05) is 15.9 Å². The third-order valence-electron chi connectivity index (χ3n) is 3.33. The fourth-order valence-corrected chi connectivity index (χ4v) is 2.52. The minimum atomic E-state index is 0.0961. The lowest BCUT2D eigenvalue weighted by Gasteiger charge is -2.22. The Bertz CT molecular complexity index is 437. The summed E-state index contributed by atoms with van der Waals surface area (Å²) in [5, 5.41) is 3.51. The monoisotopic (exact) mass is 341 g/mol. The summed E-state index contributed by atoms with van der Waals surface area (Å²) in [6.07, 6.45) is 1.10. The summed E-state index contributed by atoms with van der Waals surface area (Å²) in [6, 6.07) is 6.19. The van der Waals surface area contributed by atoms with Crippen LogP contribution in [0.4, 0.5) is 0 Å². The van der Waals surface area contributed by atoms with Crippen LogP contribution in [-0.4, -0.2) is 25.4 Å². The summed E-state index contributed by atoms with van der Waals surface area (Å²) < 4.78 is 12.5. The van der Waals surface area contributed by atoms with E-state index in [1.807, 2.05) is 12.1 Å². The molecule has 0 aliphatic carbocycles. The molecule has 0 spiro atoms. The third-order valence-corrected chi connectivity index (χ3v) is 3.82. The van der Waals surface area contributed by atoms with Crippen molar-refractivity contribution in [3.8, 4) is 5.75 Å². The Labute approximate surface area is 130 Å². The van der Waals surface area contributed by atoms with Crippen LogP contribution in [0.3, 0.4) is 0 Å². The quantitative estimate of drug-likeness (QED) is 0.884. The second-order valence-corrected chi connectivity index (χ2v) is 7.31. The zero-order chi connectivity index (χ0) is 14.6. The van der Waals surface area contributed by atoms with Crippen LogP contribution in [0.5, 0.6) is 5.75 Å². The Balaban J connectivity index is 1.99. The van der Waals surface area contributed by atoms with Crippen molar-refractivity contribution in [2.45, 2.75) is 39.3 Å². The van der Waals surface area contributed by atoms with Crippen LogP contribution in [0.2, 0.25) is 0 Å². The largest absolute Gasteiger partial charge is 0.493 e. The summed E-state index contributed by atoms with van der Waals surface area (Å²) in [5.74, 6) is 1.50. The van der Waals surface area contributed by atoms with Crippen molar-refractivity contribution in [1.29, 1.82) is 0 Å². The van der Waals surface area contributed by atoms with Gasteiger partial charge in [-0.3, -0.25) is 0 Å². The highest BCUT2D eigenvalue weighted by Crippen LogP contribution is 2.25. The van der Waals surface area contributed by atoms with Crippen LogP contribution in [0.1, 0.15) is 32.8 Å². The van der Waals surface area contributed by atoms with E-state index in [1.165, 1.54) is 5.56 Å². The molecule has 1 aliphatic rings. The van der Waals surface area contributed by atoms with Gasteiger partial charge in [-0.2, -0.15) is 0 Å². The lowest BCUT2D eigenvalue weighted by Crippen LogP contribution is -2.35. The molecule has 0 saturated carbocycles. The number of benzene rings is 1. The van der Waals surface area contributed by atoms with Crippen LogP contribution in [0, 0.1) is 5.92 Å². The molecule has 1 atom stereocenters. The van der Waals surface area contributed by atoms with Gasteiger partial charge in [0.2, 0.25) is 0 Å².